The van der Waals surface area contributed by atoms with Crippen LogP contribution in [0.2, 0.25) is 0 Å². The molecule has 4 aromatic carbocycles. The highest BCUT2D eigenvalue weighted by Crippen LogP contribution is 2.48. The largest absolute Gasteiger partial charge is 0.378 e. The molecule has 3 heterocycles. The molecule has 2 aliphatic heterocycles. The van der Waals surface area contributed by atoms with E-state index in [-0.39, 0.29) is 6.04 Å². The van der Waals surface area contributed by atoms with Gasteiger partial charge in [-0.1, -0.05) is 60.2 Å². The van der Waals surface area contributed by atoms with Gasteiger partial charge < -0.3 is 15.1 Å². The molecule has 0 amide bonds. The van der Waals surface area contributed by atoms with Gasteiger partial charge >= 0.3 is 0 Å². The van der Waals surface area contributed by atoms with Crippen molar-refractivity contribution in [3.63, 3.8) is 0 Å². The summed E-state index contributed by atoms with van der Waals surface area (Å²) in [5.74, 6) is 2.28. The lowest BCUT2D eigenvalue weighted by atomic mass is 9.93. The number of aromatic nitrogens is 2. The minimum absolute atomic E-state index is 0.155. The molecule has 0 unspecified atom stereocenters. The van der Waals surface area contributed by atoms with Crippen LogP contribution in [-0.4, -0.2) is 35.5 Å². The number of nitrogens with zero attached hydrogens (tertiary/aromatic N) is 6. The third kappa shape index (κ3) is 4.26. The van der Waals surface area contributed by atoms with Gasteiger partial charge in [0.2, 0.25) is 0 Å². The van der Waals surface area contributed by atoms with Gasteiger partial charge in [-0.3, -0.25) is 0 Å². The third-order valence-electron chi connectivity index (χ3n) is 7.68. The van der Waals surface area contributed by atoms with E-state index >= 15 is 0 Å². The van der Waals surface area contributed by atoms with E-state index in [1.807, 2.05) is 28.9 Å². The molecule has 0 fully saturated rings. The first-order valence-corrected chi connectivity index (χ1v) is 13.8. The summed E-state index contributed by atoms with van der Waals surface area (Å²) in [6, 6.07) is 35.5. The molecule has 0 aliphatic carbocycles. The molecule has 7 heteroatoms. The molecule has 202 valence electrons. The fourth-order valence-corrected chi connectivity index (χ4v) is 5.59. The summed E-state index contributed by atoms with van der Waals surface area (Å²) in [5, 5.41) is 8.61. The summed E-state index contributed by atoms with van der Waals surface area (Å²) in [7, 11) is 4.12. The highest BCUT2D eigenvalue weighted by atomic mass is 15.4. The van der Waals surface area contributed by atoms with Gasteiger partial charge in [0.25, 0.3) is 0 Å². The van der Waals surface area contributed by atoms with Crippen molar-refractivity contribution in [1.29, 1.82) is 0 Å². The first-order valence-electron chi connectivity index (χ1n) is 13.8. The Labute approximate surface area is 240 Å². The van der Waals surface area contributed by atoms with E-state index in [1.54, 1.807) is 0 Å². The first kappa shape index (κ1) is 24.8. The molecule has 2 aliphatic rings. The number of hydrogen-bond acceptors (Lipinski definition) is 6. The van der Waals surface area contributed by atoms with Gasteiger partial charge in [0.05, 0.1) is 28.8 Å². The monoisotopic (exact) mass is 537 g/mol. The molecule has 0 spiro atoms. The Morgan fingerprint density at radius 1 is 0.756 bits per heavy atom. The Hall–Kier alpha value is -5.17. The average Bonchev–Trinajstić information content (AvgIpc) is 3.33. The minimum atomic E-state index is -0.155. The quantitative estimate of drug-likeness (QED) is 0.260. The Bertz CT molecular complexity index is 1800. The van der Waals surface area contributed by atoms with E-state index < -0.39 is 0 Å². The van der Waals surface area contributed by atoms with Gasteiger partial charge in [0, 0.05) is 31.0 Å². The molecule has 7 rings (SSSR count). The number of hydrogen-bond donors (Lipinski definition) is 1. The second kappa shape index (κ2) is 9.78. The van der Waals surface area contributed by atoms with Crippen molar-refractivity contribution in [2.24, 2.45) is 9.98 Å². The van der Waals surface area contributed by atoms with E-state index in [0.717, 1.165) is 56.9 Å². The Morgan fingerprint density at radius 2 is 1.46 bits per heavy atom. The average molecular weight is 538 g/mol. The third-order valence-corrected chi connectivity index (χ3v) is 7.68. The van der Waals surface area contributed by atoms with E-state index in [4.69, 9.17) is 15.1 Å². The summed E-state index contributed by atoms with van der Waals surface area (Å²) in [6.45, 7) is 4.17. The second-order valence-corrected chi connectivity index (χ2v) is 10.7. The minimum Gasteiger partial charge on any atom is -0.378 e. The SMILES string of the molecule is Cc1ccc(NC2=Nc3ccccc3N3C2=Nc2c(c(C)nn2-c2ccccc2)[C@H]3c2ccc(N(C)C)cc2)cc1. The fourth-order valence-electron chi connectivity index (χ4n) is 5.59. The van der Waals surface area contributed by atoms with Crippen LogP contribution in [0.1, 0.15) is 28.4 Å². The van der Waals surface area contributed by atoms with E-state index in [9.17, 15) is 0 Å². The van der Waals surface area contributed by atoms with Crippen molar-refractivity contribution < 1.29 is 0 Å². The van der Waals surface area contributed by atoms with Crippen molar-refractivity contribution >= 4 is 40.2 Å². The topological polar surface area (TPSA) is 61.1 Å². The Kier molecular flexibility index (Phi) is 5.93. The molecule has 1 N–H and O–H groups in total. The molecule has 1 atom stereocenters. The standard InChI is InChI=1S/C34H31N7/c1-22-14-18-25(19-15-22)35-32-34-37-33-30(23(2)38-41(33)27-10-6-5-7-11-27)31(24-16-20-26(21-17-24)39(3)4)40(34)29-13-9-8-12-28(29)36-32/h5-21,31H,1-4H3,(H,35,36)/t31-/m1/s1. The molecular weight excluding hydrogens is 506 g/mol. The molecule has 1 aromatic heterocycles. The van der Waals surface area contributed by atoms with Crippen LogP contribution in [0.5, 0.6) is 0 Å². The summed E-state index contributed by atoms with van der Waals surface area (Å²) < 4.78 is 1.96. The van der Waals surface area contributed by atoms with Crippen LogP contribution in [0.4, 0.5) is 28.6 Å². The van der Waals surface area contributed by atoms with Crippen LogP contribution < -0.4 is 15.1 Å². The molecule has 5 aromatic rings. The maximum absolute atomic E-state index is 5.32. The lowest BCUT2D eigenvalue weighted by Gasteiger charge is -2.40. The Balaban J connectivity index is 1.48. The van der Waals surface area contributed by atoms with Crippen LogP contribution >= 0.6 is 0 Å². The van der Waals surface area contributed by atoms with Crippen molar-refractivity contribution in [2.45, 2.75) is 19.9 Å². The maximum Gasteiger partial charge on any atom is 0.179 e. The van der Waals surface area contributed by atoms with E-state index in [2.05, 4.69) is 122 Å². The number of anilines is 3. The van der Waals surface area contributed by atoms with Crippen molar-refractivity contribution in [1.82, 2.24) is 9.78 Å². The number of aliphatic imine (C=N–C) groups is 2. The zero-order chi connectivity index (χ0) is 28.1. The van der Waals surface area contributed by atoms with Crippen LogP contribution in [0.25, 0.3) is 5.69 Å². The lowest BCUT2D eigenvalue weighted by Crippen LogP contribution is -2.46. The highest BCUT2D eigenvalue weighted by Gasteiger charge is 2.41. The predicted molar refractivity (Wildman–Crippen MR) is 169 cm³/mol. The normalized spacial score (nSPS) is 15.3. The first-order chi connectivity index (χ1) is 20.0. The molecule has 7 nitrogen and oxygen atoms in total. The smallest absolute Gasteiger partial charge is 0.179 e. The Morgan fingerprint density at radius 3 is 2.20 bits per heavy atom. The number of benzene rings is 4. The predicted octanol–water partition coefficient (Wildman–Crippen LogP) is 7.35. The number of aryl methyl sites for hydroxylation is 2. The summed E-state index contributed by atoms with van der Waals surface area (Å²) >= 11 is 0. The van der Waals surface area contributed by atoms with Crippen LogP contribution in [0.3, 0.4) is 0 Å². The number of amidine groups is 2. The van der Waals surface area contributed by atoms with Gasteiger partial charge in [-0.2, -0.15) is 5.10 Å². The zero-order valence-corrected chi connectivity index (χ0v) is 23.6. The molecule has 0 saturated carbocycles. The second-order valence-electron chi connectivity index (χ2n) is 10.7. The van der Waals surface area contributed by atoms with Gasteiger partial charge in [0.15, 0.2) is 17.5 Å². The van der Waals surface area contributed by atoms with Gasteiger partial charge in [-0.05, 0) is 67.9 Å². The molecule has 0 saturated heterocycles. The van der Waals surface area contributed by atoms with Crippen LogP contribution in [0.15, 0.2) is 113 Å². The van der Waals surface area contributed by atoms with Gasteiger partial charge in [0.1, 0.15) is 0 Å². The van der Waals surface area contributed by atoms with Gasteiger partial charge in [-0.15, -0.1) is 0 Å². The highest BCUT2D eigenvalue weighted by molar-refractivity contribution is 6.51. The van der Waals surface area contributed by atoms with Crippen molar-refractivity contribution in [2.75, 3.05) is 29.2 Å². The number of nitrogens with one attached hydrogen (secondary N) is 1. The summed E-state index contributed by atoms with van der Waals surface area (Å²) in [4.78, 5) is 14.8. The van der Waals surface area contributed by atoms with E-state index in [1.165, 1.54) is 5.56 Å². The van der Waals surface area contributed by atoms with Crippen molar-refractivity contribution in [3.8, 4) is 5.69 Å². The number of rotatable bonds is 4. The van der Waals surface area contributed by atoms with Crippen LogP contribution in [0, 0.1) is 13.8 Å². The zero-order valence-electron chi connectivity index (χ0n) is 23.6. The lowest BCUT2D eigenvalue weighted by molar-refractivity contribution is 0.815. The summed E-state index contributed by atoms with van der Waals surface area (Å²) in [6.07, 6.45) is 0. The molecule has 0 bridgehead atoms. The molecule has 41 heavy (non-hydrogen) atoms. The van der Waals surface area contributed by atoms with Crippen molar-refractivity contribution in [3.05, 3.63) is 126 Å². The maximum atomic E-state index is 5.32. The fraction of sp³-hybridized carbons (Fsp3) is 0.147. The van der Waals surface area contributed by atoms with Gasteiger partial charge in [-0.25, -0.2) is 14.7 Å². The number of para-hydroxylation sites is 3. The number of fused-ring (bicyclic) bond motifs is 4. The van der Waals surface area contributed by atoms with Crippen LogP contribution in [-0.2, 0) is 0 Å². The molecular formula is C34H31N7. The summed E-state index contributed by atoms with van der Waals surface area (Å²) in [5.41, 5.74) is 9.38. The van der Waals surface area contributed by atoms with E-state index in [0.29, 0.717) is 5.84 Å². The molecule has 0 radical (unpaired) electrons.